The molecule has 0 aromatic heterocycles. The third kappa shape index (κ3) is 7.57. The van der Waals surface area contributed by atoms with E-state index >= 15 is 0 Å². The molecule has 0 aromatic carbocycles. The summed E-state index contributed by atoms with van der Waals surface area (Å²) in [4.78, 5) is 20.7. The third-order valence-corrected chi connectivity index (χ3v) is 2.30. The van der Waals surface area contributed by atoms with Crippen LogP contribution in [0.1, 0.15) is 6.42 Å². The average Bonchev–Trinajstić information content (AvgIpc) is 1.96. The van der Waals surface area contributed by atoms with Crippen LogP contribution in [0.25, 0.3) is 0 Å². The monoisotopic (exact) mass is 210 g/mol. The molecule has 0 aliphatic carbocycles. The van der Waals surface area contributed by atoms with Gasteiger partial charge in [0.25, 0.3) is 0 Å². The number of thioether (sulfide) groups is 1. The number of rotatable bonds is 6. The molecule has 0 fully saturated rings. The van der Waals surface area contributed by atoms with Gasteiger partial charge in [-0.15, -0.1) is 11.8 Å². The van der Waals surface area contributed by atoms with Crippen molar-refractivity contribution in [1.82, 2.24) is 6.15 Å². The lowest BCUT2D eigenvalue weighted by molar-refractivity contribution is -0.305. The van der Waals surface area contributed by atoms with Crippen molar-refractivity contribution in [2.75, 3.05) is 12.4 Å². The predicted molar refractivity (Wildman–Crippen MR) is 48.1 cm³/mol. The van der Waals surface area contributed by atoms with E-state index in [1.54, 1.807) is 0 Å². The van der Waals surface area contributed by atoms with Crippen LogP contribution in [0, 0.1) is 0 Å². The van der Waals surface area contributed by atoms with Crippen LogP contribution in [0.2, 0.25) is 0 Å². The number of primary amides is 1. The maximum atomic E-state index is 10.6. The first kappa shape index (κ1) is 14.7. The first-order valence-corrected chi connectivity index (χ1v) is 4.34. The van der Waals surface area contributed by atoms with E-state index < -0.39 is 23.5 Å². The molecule has 7 N–H and O–H groups in total. The molecular weight excluding hydrogens is 196 g/mol. The minimum atomic E-state index is -1.32. The highest BCUT2D eigenvalue weighted by atomic mass is 32.2. The molecule has 1 atom stereocenters. The fraction of sp³-hybridized carbons (Fsp3) is 0.667. The first-order valence-electron chi connectivity index (χ1n) is 3.29. The second kappa shape index (κ2) is 7.84. The number of hydrogen-bond acceptors (Lipinski definition) is 5. The van der Waals surface area contributed by atoms with Crippen molar-refractivity contribution in [2.24, 2.45) is 5.73 Å². The van der Waals surface area contributed by atoms with Crippen LogP contribution in [0.3, 0.4) is 0 Å². The Labute approximate surface area is 80.1 Å². The SMILES string of the molecule is NC(=O)C(CC(=O)[O-])SCCO.[NH4+]. The van der Waals surface area contributed by atoms with Crippen molar-refractivity contribution in [3.05, 3.63) is 0 Å². The van der Waals surface area contributed by atoms with E-state index in [9.17, 15) is 14.7 Å². The van der Waals surface area contributed by atoms with Crippen molar-refractivity contribution >= 4 is 23.6 Å². The Morgan fingerprint density at radius 2 is 2.08 bits per heavy atom. The molecule has 13 heavy (non-hydrogen) atoms. The van der Waals surface area contributed by atoms with Crippen molar-refractivity contribution < 1.29 is 19.8 Å². The summed E-state index contributed by atoms with van der Waals surface area (Å²) in [6, 6.07) is 0. The van der Waals surface area contributed by atoms with E-state index in [0.29, 0.717) is 5.75 Å². The van der Waals surface area contributed by atoms with Gasteiger partial charge in [-0.05, 0) is 0 Å². The summed E-state index contributed by atoms with van der Waals surface area (Å²) in [5.41, 5.74) is 4.89. The summed E-state index contributed by atoms with van der Waals surface area (Å²) in [6.45, 7) is -0.110. The molecule has 0 bridgehead atoms. The van der Waals surface area contributed by atoms with E-state index in [2.05, 4.69) is 0 Å². The molecule has 0 aliphatic heterocycles. The smallest absolute Gasteiger partial charge is 0.230 e. The molecule has 0 spiro atoms. The molecule has 0 rings (SSSR count). The zero-order valence-corrected chi connectivity index (χ0v) is 8.17. The summed E-state index contributed by atoms with van der Waals surface area (Å²) < 4.78 is 0. The van der Waals surface area contributed by atoms with Crippen LogP contribution < -0.4 is 17.0 Å². The second-order valence-electron chi connectivity index (χ2n) is 2.06. The molecule has 0 radical (unpaired) electrons. The fourth-order valence-corrected chi connectivity index (χ4v) is 1.40. The zero-order valence-electron chi connectivity index (χ0n) is 7.36. The summed E-state index contributed by atoms with van der Waals surface area (Å²) in [6.07, 6.45) is -0.403. The average molecular weight is 210 g/mol. The predicted octanol–water partition coefficient (Wildman–Crippen LogP) is -1.92. The lowest BCUT2D eigenvalue weighted by Crippen LogP contribution is -2.34. The van der Waals surface area contributed by atoms with Crippen molar-refractivity contribution in [3.63, 3.8) is 0 Å². The summed E-state index contributed by atoms with van der Waals surface area (Å²) in [7, 11) is 0. The molecule has 0 saturated heterocycles. The Balaban J connectivity index is 0. The number of nitrogens with two attached hydrogens (primary N) is 1. The number of aliphatic hydroxyl groups is 1. The number of amides is 1. The van der Waals surface area contributed by atoms with E-state index in [4.69, 9.17) is 10.8 Å². The van der Waals surface area contributed by atoms with Gasteiger partial charge in [-0.25, -0.2) is 0 Å². The minimum Gasteiger partial charge on any atom is -0.550 e. The van der Waals surface area contributed by atoms with E-state index in [0.717, 1.165) is 11.8 Å². The van der Waals surface area contributed by atoms with Gasteiger partial charge in [-0.1, -0.05) is 0 Å². The molecule has 0 aliphatic rings. The molecule has 1 unspecified atom stereocenters. The van der Waals surface area contributed by atoms with Gasteiger partial charge in [0.1, 0.15) is 0 Å². The van der Waals surface area contributed by atoms with Gasteiger partial charge >= 0.3 is 0 Å². The Kier molecular flexibility index (Phi) is 8.87. The normalized spacial score (nSPS) is 11.5. The highest BCUT2D eigenvalue weighted by Gasteiger charge is 2.15. The molecule has 7 heteroatoms. The summed E-state index contributed by atoms with van der Waals surface area (Å²) in [5, 5.41) is 17.7. The van der Waals surface area contributed by atoms with Gasteiger partial charge in [-0.2, -0.15) is 0 Å². The van der Waals surface area contributed by atoms with E-state index in [-0.39, 0.29) is 12.8 Å². The molecular formula is C6H14N2O4S. The van der Waals surface area contributed by atoms with Crippen molar-refractivity contribution in [3.8, 4) is 0 Å². The molecule has 78 valence electrons. The highest BCUT2D eigenvalue weighted by Crippen LogP contribution is 2.12. The molecule has 0 heterocycles. The molecule has 0 aromatic rings. The van der Waals surface area contributed by atoms with Crippen molar-refractivity contribution in [1.29, 1.82) is 0 Å². The minimum absolute atomic E-state index is 0. The Morgan fingerprint density at radius 3 is 2.38 bits per heavy atom. The van der Waals surface area contributed by atoms with Gasteiger partial charge < -0.3 is 26.9 Å². The Bertz CT molecular complexity index is 176. The summed E-state index contributed by atoms with van der Waals surface area (Å²) in [5.74, 6) is -1.72. The van der Waals surface area contributed by atoms with Crippen LogP contribution >= 0.6 is 11.8 Å². The van der Waals surface area contributed by atoms with Crippen LogP contribution in [-0.4, -0.2) is 34.6 Å². The van der Waals surface area contributed by atoms with Crippen LogP contribution in [0.4, 0.5) is 0 Å². The number of carboxylic acid groups (broad SMARTS) is 1. The van der Waals surface area contributed by atoms with Gasteiger partial charge in [0.05, 0.1) is 11.9 Å². The maximum absolute atomic E-state index is 10.6. The first-order chi connectivity index (χ1) is 5.57. The standard InChI is InChI=1S/C6H11NO4S.H3N/c7-6(11)4(3-5(9)10)12-2-1-8;/h4,8H,1-3H2,(H2,7,11)(H,9,10);1H3. The number of carbonyl (C=O) groups excluding carboxylic acids is 2. The van der Waals surface area contributed by atoms with Gasteiger partial charge in [0.2, 0.25) is 5.91 Å². The van der Waals surface area contributed by atoms with Gasteiger partial charge in [-0.3, -0.25) is 4.79 Å². The number of carboxylic acids is 1. The largest absolute Gasteiger partial charge is 0.550 e. The van der Waals surface area contributed by atoms with Crippen LogP contribution in [0.15, 0.2) is 0 Å². The summed E-state index contributed by atoms with van der Waals surface area (Å²) >= 11 is 1.01. The second-order valence-corrected chi connectivity index (χ2v) is 3.37. The number of aliphatic hydroxyl groups excluding tert-OH is 1. The number of quaternary nitrogens is 1. The molecule has 6 nitrogen and oxygen atoms in total. The van der Waals surface area contributed by atoms with Crippen LogP contribution in [-0.2, 0) is 9.59 Å². The Morgan fingerprint density at radius 1 is 1.54 bits per heavy atom. The third-order valence-electron chi connectivity index (χ3n) is 1.08. The Hall–Kier alpha value is -0.790. The molecule has 0 saturated carbocycles. The lowest BCUT2D eigenvalue weighted by atomic mass is 10.3. The quantitative estimate of drug-likeness (QED) is 0.469. The maximum Gasteiger partial charge on any atom is 0.230 e. The van der Waals surface area contributed by atoms with E-state index in [1.165, 1.54) is 0 Å². The van der Waals surface area contributed by atoms with E-state index in [1.807, 2.05) is 0 Å². The van der Waals surface area contributed by atoms with Gasteiger partial charge in [0, 0.05) is 18.1 Å². The van der Waals surface area contributed by atoms with Gasteiger partial charge in [0.15, 0.2) is 0 Å². The highest BCUT2D eigenvalue weighted by molar-refractivity contribution is 8.00. The lowest BCUT2D eigenvalue weighted by Gasteiger charge is -2.12. The number of hydrogen-bond donors (Lipinski definition) is 3. The number of carbonyl (C=O) groups is 2. The fourth-order valence-electron chi connectivity index (χ4n) is 0.588. The zero-order chi connectivity index (χ0) is 9.56. The van der Waals surface area contributed by atoms with Crippen LogP contribution in [0.5, 0.6) is 0 Å². The van der Waals surface area contributed by atoms with Crippen molar-refractivity contribution in [2.45, 2.75) is 11.7 Å². The molecule has 1 amide bonds. The number of aliphatic carboxylic acids is 1. The topological polar surface area (TPSA) is 140 Å².